The minimum absolute atomic E-state index is 0.895. The maximum absolute atomic E-state index is 6.45. The smallest absolute Gasteiger partial charge is 0.135 e. The van der Waals surface area contributed by atoms with Crippen LogP contribution in [0.5, 0.6) is 11.5 Å². The van der Waals surface area contributed by atoms with Crippen LogP contribution < -0.4 is 4.74 Å². The van der Waals surface area contributed by atoms with Gasteiger partial charge in [0.15, 0.2) is 0 Å². The molecule has 0 aromatic heterocycles. The van der Waals surface area contributed by atoms with Crippen LogP contribution in [-0.4, -0.2) is 0 Å². The van der Waals surface area contributed by atoms with Gasteiger partial charge >= 0.3 is 0 Å². The zero-order valence-electron chi connectivity index (χ0n) is 25.6. The summed E-state index contributed by atoms with van der Waals surface area (Å²) in [6.45, 7) is 0. The lowest BCUT2D eigenvalue weighted by molar-refractivity contribution is 0.487. The molecule has 9 aromatic carbocycles. The molecule has 0 bridgehead atoms. The van der Waals surface area contributed by atoms with Crippen molar-refractivity contribution in [2.24, 2.45) is 0 Å². The molecule has 0 amide bonds. The summed E-state index contributed by atoms with van der Waals surface area (Å²) < 4.78 is 6.45. The second kappa shape index (κ2) is 10.2. The maximum atomic E-state index is 6.45. The van der Waals surface area contributed by atoms with Gasteiger partial charge in [0.1, 0.15) is 11.5 Å². The van der Waals surface area contributed by atoms with Crippen LogP contribution in [0.4, 0.5) is 0 Å². The van der Waals surface area contributed by atoms with Crippen molar-refractivity contribution in [1.82, 2.24) is 0 Å². The number of benzene rings is 9. The van der Waals surface area contributed by atoms with Gasteiger partial charge in [-0.1, -0.05) is 127 Å². The normalized spacial score (nSPS) is 12.0. The van der Waals surface area contributed by atoms with Gasteiger partial charge in [-0.15, -0.1) is 0 Å². The van der Waals surface area contributed by atoms with E-state index in [0.717, 1.165) is 17.1 Å². The third-order valence-electron chi connectivity index (χ3n) is 9.79. The lowest BCUT2D eigenvalue weighted by Gasteiger charge is -2.22. The SMILES string of the molecule is c1ccc(-c2cc(-c3ccc4c(c3)-c3cccc5cccc(c35)O4)cc(-c3cc4ccc5ccccc5c4c4ccccc34)c2)cc1. The summed E-state index contributed by atoms with van der Waals surface area (Å²) >= 11 is 0. The average Bonchev–Trinajstić information content (AvgIpc) is 3.14. The van der Waals surface area contributed by atoms with Crippen LogP contribution in [0.15, 0.2) is 170 Å². The van der Waals surface area contributed by atoms with Crippen molar-refractivity contribution in [3.63, 3.8) is 0 Å². The Kier molecular flexibility index (Phi) is 5.64. The highest BCUT2D eigenvalue weighted by molar-refractivity contribution is 6.23. The molecule has 1 nitrogen and oxygen atoms in total. The third-order valence-corrected chi connectivity index (χ3v) is 9.79. The second-order valence-electron chi connectivity index (χ2n) is 12.5. The zero-order chi connectivity index (χ0) is 30.9. The van der Waals surface area contributed by atoms with Crippen molar-refractivity contribution < 1.29 is 4.74 Å². The number of hydrogen-bond donors (Lipinski definition) is 0. The molecule has 0 N–H and O–H groups in total. The highest BCUT2D eigenvalue weighted by Crippen LogP contribution is 2.48. The molecule has 47 heavy (non-hydrogen) atoms. The fourth-order valence-electron chi connectivity index (χ4n) is 7.61. The van der Waals surface area contributed by atoms with Gasteiger partial charge < -0.3 is 4.74 Å². The molecular formula is C46H28O. The van der Waals surface area contributed by atoms with Crippen LogP contribution in [0, 0.1) is 0 Å². The van der Waals surface area contributed by atoms with Gasteiger partial charge in [0.25, 0.3) is 0 Å². The molecule has 0 aliphatic carbocycles. The van der Waals surface area contributed by atoms with Gasteiger partial charge in [0.05, 0.1) is 0 Å². The maximum Gasteiger partial charge on any atom is 0.135 e. The van der Waals surface area contributed by atoms with Gasteiger partial charge in [0, 0.05) is 10.9 Å². The molecule has 0 radical (unpaired) electrons. The standard InChI is InChI=1S/C46H28O/c1-2-10-29(11-3-1)34-24-35(32-22-23-43-42(27-32)40-18-8-13-31-14-9-19-44(47-43)46(31)40)26-36(25-34)41-28-33-21-20-30-12-4-5-15-37(30)45(33)39-17-7-6-16-38(39)41/h1-28H. The van der Waals surface area contributed by atoms with E-state index < -0.39 is 0 Å². The van der Waals surface area contributed by atoms with Gasteiger partial charge in [-0.3, -0.25) is 0 Å². The van der Waals surface area contributed by atoms with E-state index in [-0.39, 0.29) is 0 Å². The van der Waals surface area contributed by atoms with Crippen molar-refractivity contribution in [2.75, 3.05) is 0 Å². The van der Waals surface area contributed by atoms with Crippen LogP contribution in [0.25, 0.3) is 87.6 Å². The monoisotopic (exact) mass is 596 g/mol. The van der Waals surface area contributed by atoms with E-state index in [2.05, 4.69) is 170 Å². The summed E-state index contributed by atoms with van der Waals surface area (Å²) in [5.74, 6) is 1.81. The Balaban J connectivity index is 1.23. The molecule has 0 unspecified atom stereocenters. The molecule has 0 fully saturated rings. The quantitative estimate of drug-likeness (QED) is 0.184. The first-order valence-corrected chi connectivity index (χ1v) is 16.2. The summed E-state index contributed by atoms with van der Waals surface area (Å²) in [5.41, 5.74) is 9.52. The molecular weight excluding hydrogens is 569 g/mol. The van der Waals surface area contributed by atoms with E-state index in [1.54, 1.807) is 0 Å². The van der Waals surface area contributed by atoms with Crippen molar-refractivity contribution in [2.45, 2.75) is 0 Å². The molecule has 1 heteroatoms. The fourth-order valence-corrected chi connectivity index (χ4v) is 7.61. The van der Waals surface area contributed by atoms with Crippen LogP contribution in [0.3, 0.4) is 0 Å². The third kappa shape index (κ3) is 4.10. The van der Waals surface area contributed by atoms with Crippen LogP contribution >= 0.6 is 0 Å². The summed E-state index contributed by atoms with van der Waals surface area (Å²) in [5, 5.41) is 10.0. The Morgan fingerprint density at radius 1 is 0.277 bits per heavy atom. The summed E-state index contributed by atoms with van der Waals surface area (Å²) in [6, 6.07) is 61.7. The molecule has 1 aliphatic heterocycles. The van der Waals surface area contributed by atoms with Crippen molar-refractivity contribution in [1.29, 1.82) is 0 Å². The number of hydrogen-bond acceptors (Lipinski definition) is 1. The van der Waals surface area contributed by atoms with Crippen molar-refractivity contribution >= 4 is 43.1 Å². The Hall–Kier alpha value is -6.18. The minimum Gasteiger partial charge on any atom is -0.456 e. The van der Waals surface area contributed by atoms with Gasteiger partial charge in [0.2, 0.25) is 0 Å². The molecule has 9 aromatic rings. The molecule has 1 heterocycles. The highest BCUT2D eigenvalue weighted by atomic mass is 16.5. The fraction of sp³-hybridized carbons (Fsp3) is 0. The van der Waals surface area contributed by atoms with Crippen LogP contribution in [-0.2, 0) is 0 Å². The predicted molar refractivity (Wildman–Crippen MR) is 198 cm³/mol. The Labute approximate surface area is 272 Å². The van der Waals surface area contributed by atoms with E-state index in [9.17, 15) is 0 Å². The average molecular weight is 597 g/mol. The molecule has 0 saturated carbocycles. The van der Waals surface area contributed by atoms with Crippen LogP contribution in [0.2, 0.25) is 0 Å². The lowest BCUT2D eigenvalue weighted by atomic mass is 9.87. The number of fused-ring (bicyclic) bond motifs is 7. The molecule has 0 saturated heterocycles. The first-order valence-electron chi connectivity index (χ1n) is 16.2. The minimum atomic E-state index is 0.895. The van der Waals surface area contributed by atoms with E-state index >= 15 is 0 Å². The predicted octanol–water partition coefficient (Wildman–Crippen LogP) is 13.1. The van der Waals surface area contributed by atoms with Gasteiger partial charge in [-0.05, 0) is 119 Å². The highest BCUT2D eigenvalue weighted by Gasteiger charge is 2.21. The van der Waals surface area contributed by atoms with Gasteiger partial charge in [-0.2, -0.15) is 0 Å². The Morgan fingerprint density at radius 3 is 1.83 bits per heavy atom. The first kappa shape index (κ1) is 26.1. The summed E-state index contributed by atoms with van der Waals surface area (Å²) in [7, 11) is 0. The van der Waals surface area contributed by atoms with Crippen molar-refractivity contribution in [3.05, 3.63) is 170 Å². The first-order chi connectivity index (χ1) is 23.3. The van der Waals surface area contributed by atoms with E-state index in [0.29, 0.717) is 0 Å². The topological polar surface area (TPSA) is 9.23 Å². The second-order valence-corrected chi connectivity index (χ2v) is 12.5. The van der Waals surface area contributed by atoms with E-state index in [1.165, 1.54) is 82.0 Å². The van der Waals surface area contributed by atoms with Crippen LogP contribution in [0.1, 0.15) is 0 Å². The van der Waals surface area contributed by atoms with E-state index in [4.69, 9.17) is 4.74 Å². The molecule has 0 spiro atoms. The number of rotatable bonds is 3. The molecule has 0 atom stereocenters. The Morgan fingerprint density at radius 2 is 0.957 bits per heavy atom. The van der Waals surface area contributed by atoms with Crippen molar-refractivity contribution in [3.8, 4) is 56.0 Å². The van der Waals surface area contributed by atoms with Gasteiger partial charge in [-0.25, -0.2) is 0 Å². The van der Waals surface area contributed by atoms with E-state index in [1.807, 2.05) is 0 Å². The Bertz CT molecular complexity index is 2700. The lowest BCUT2D eigenvalue weighted by Crippen LogP contribution is -1.97. The molecule has 1 aliphatic rings. The zero-order valence-corrected chi connectivity index (χ0v) is 25.6. The summed E-state index contributed by atoms with van der Waals surface area (Å²) in [4.78, 5) is 0. The molecule has 10 rings (SSSR count). The molecule has 218 valence electrons. The summed E-state index contributed by atoms with van der Waals surface area (Å²) in [6.07, 6.45) is 0. The largest absolute Gasteiger partial charge is 0.456 e. The number of ether oxygens (including phenoxy) is 1.